The van der Waals surface area contributed by atoms with E-state index in [2.05, 4.69) is 18.8 Å². The molecule has 0 aromatic rings. The summed E-state index contributed by atoms with van der Waals surface area (Å²) in [7, 11) is 0. The van der Waals surface area contributed by atoms with E-state index in [9.17, 15) is 0 Å². The fourth-order valence-electron chi connectivity index (χ4n) is 0.884. The van der Waals surface area contributed by atoms with Gasteiger partial charge in [0.25, 0.3) is 0 Å². The molecule has 0 spiro atoms. The molecular formula is C6H11N. The van der Waals surface area contributed by atoms with E-state index >= 15 is 0 Å². The molecule has 1 saturated heterocycles. The van der Waals surface area contributed by atoms with Crippen LogP contribution < -0.4 is 5.32 Å². The number of hydrogen-bond donors (Lipinski definition) is 1. The molecule has 0 amide bonds. The summed E-state index contributed by atoms with van der Waals surface area (Å²) in [6, 6.07) is 0. The molecule has 1 aliphatic rings. The van der Waals surface area contributed by atoms with Crippen molar-refractivity contribution in [3.05, 3.63) is 12.3 Å². The van der Waals surface area contributed by atoms with E-state index in [1.165, 1.54) is 12.1 Å². The molecule has 1 unspecified atom stereocenters. The maximum Gasteiger partial charge on any atom is 0.0173 e. The molecule has 1 heteroatoms. The molecule has 0 aliphatic carbocycles. The van der Waals surface area contributed by atoms with E-state index < -0.39 is 0 Å². The van der Waals surface area contributed by atoms with Gasteiger partial charge in [-0.3, -0.25) is 0 Å². The van der Waals surface area contributed by atoms with Gasteiger partial charge in [-0.25, -0.2) is 0 Å². The number of nitrogens with one attached hydrogen (secondary N) is 1. The molecule has 0 bridgehead atoms. The molecule has 1 heterocycles. The Morgan fingerprint density at radius 1 is 1.86 bits per heavy atom. The van der Waals surface area contributed by atoms with Crippen LogP contribution in [0.3, 0.4) is 0 Å². The van der Waals surface area contributed by atoms with E-state index in [1.54, 1.807) is 0 Å². The first-order valence-electron chi connectivity index (χ1n) is 2.70. The van der Waals surface area contributed by atoms with Gasteiger partial charge in [-0.1, -0.05) is 13.5 Å². The fraction of sp³-hybridized carbons (Fsp3) is 0.667. The van der Waals surface area contributed by atoms with Gasteiger partial charge in [-0.15, -0.1) is 0 Å². The summed E-state index contributed by atoms with van der Waals surface area (Å²) < 4.78 is 0. The van der Waals surface area contributed by atoms with E-state index in [1.807, 2.05) is 0 Å². The molecular weight excluding hydrogens is 86.1 g/mol. The van der Waals surface area contributed by atoms with Crippen LogP contribution in [-0.2, 0) is 0 Å². The monoisotopic (exact) mass is 97.1 g/mol. The third-order valence-corrected chi connectivity index (χ3v) is 1.30. The van der Waals surface area contributed by atoms with Crippen molar-refractivity contribution < 1.29 is 0 Å². The third kappa shape index (κ3) is 0.952. The molecule has 1 rings (SSSR count). The molecule has 1 nitrogen and oxygen atoms in total. The lowest BCUT2D eigenvalue weighted by Gasteiger charge is -1.90. The highest BCUT2D eigenvalue weighted by molar-refractivity contribution is 4.98. The van der Waals surface area contributed by atoms with Crippen molar-refractivity contribution in [3.8, 4) is 0 Å². The summed E-state index contributed by atoms with van der Waals surface area (Å²) in [5.74, 6) is 0.812. The van der Waals surface area contributed by atoms with Crippen LogP contribution in [0.25, 0.3) is 0 Å². The summed E-state index contributed by atoms with van der Waals surface area (Å²) in [5.41, 5.74) is 1.20. The summed E-state index contributed by atoms with van der Waals surface area (Å²) in [4.78, 5) is 0. The second-order valence-electron chi connectivity index (χ2n) is 2.29. The summed E-state index contributed by atoms with van der Waals surface area (Å²) in [6.07, 6.45) is 1.17. The molecule has 1 fully saturated rings. The second-order valence-corrected chi connectivity index (χ2v) is 2.29. The van der Waals surface area contributed by atoms with Crippen molar-refractivity contribution in [2.45, 2.75) is 13.3 Å². The predicted molar refractivity (Wildman–Crippen MR) is 30.9 cm³/mol. The molecule has 1 atom stereocenters. The Labute approximate surface area is 44.4 Å². The Hall–Kier alpha value is -0.460. The predicted octanol–water partition coefficient (Wildman–Crippen LogP) is 1.13. The minimum absolute atomic E-state index is 0.812. The van der Waals surface area contributed by atoms with E-state index in [0.717, 1.165) is 12.5 Å². The van der Waals surface area contributed by atoms with Crippen LogP contribution in [0.1, 0.15) is 13.3 Å². The van der Waals surface area contributed by atoms with E-state index in [0.29, 0.717) is 0 Å². The van der Waals surface area contributed by atoms with Crippen molar-refractivity contribution in [1.29, 1.82) is 0 Å². The lowest BCUT2D eigenvalue weighted by molar-refractivity contribution is 0.654. The average Bonchev–Trinajstić information content (AvgIpc) is 1.87. The largest absolute Gasteiger partial charge is 0.389 e. The highest BCUT2D eigenvalue weighted by Crippen LogP contribution is 2.12. The summed E-state index contributed by atoms with van der Waals surface area (Å²) >= 11 is 0. The van der Waals surface area contributed by atoms with Gasteiger partial charge in [0.2, 0.25) is 0 Å². The maximum absolute atomic E-state index is 3.79. The lowest BCUT2D eigenvalue weighted by atomic mass is 10.1. The van der Waals surface area contributed by atoms with Crippen LogP contribution in [0.5, 0.6) is 0 Å². The first kappa shape index (κ1) is 4.69. The van der Waals surface area contributed by atoms with Gasteiger partial charge >= 0.3 is 0 Å². The summed E-state index contributed by atoms with van der Waals surface area (Å²) in [6.45, 7) is 7.14. The van der Waals surface area contributed by atoms with Crippen LogP contribution in [0, 0.1) is 5.92 Å². The van der Waals surface area contributed by atoms with Gasteiger partial charge in [-0.2, -0.15) is 0 Å². The van der Waals surface area contributed by atoms with Crippen LogP contribution >= 0.6 is 0 Å². The zero-order chi connectivity index (χ0) is 5.28. The van der Waals surface area contributed by atoms with E-state index in [4.69, 9.17) is 0 Å². The Balaban J connectivity index is 2.40. The SMILES string of the molecule is C=C1CC(C)CN1. The van der Waals surface area contributed by atoms with Crippen molar-refractivity contribution in [1.82, 2.24) is 5.32 Å². The van der Waals surface area contributed by atoms with Gasteiger partial charge in [0.05, 0.1) is 0 Å². The molecule has 7 heavy (non-hydrogen) atoms. The number of allylic oxidation sites excluding steroid dienone is 1. The standard InChI is InChI=1S/C6H11N/c1-5-3-6(2)7-4-5/h5,7H,2-4H2,1H3. The van der Waals surface area contributed by atoms with Crippen LogP contribution in [0.4, 0.5) is 0 Å². The molecule has 1 aliphatic heterocycles. The number of hydrogen-bond acceptors (Lipinski definition) is 1. The van der Waals surface area contributed by atoms with Crippen molar-refractivity contribution >= 4 is 0 Å². The zero-order valence-corrected chi connectivity index (χ0v) is 4.70. The zero-order valence-electron chi connectivity index (χ0n) is 4.70. The quantitative estimate of drug-likeness (QED) is 0.477. The van der Waals surface area contributed by atoms with Crippen LogP contribution in [0.15, 0.2) is 12.3 Å². The number of rotatable bonds is 0. The minimum Gasteiger partial charge on any atom is -0.389 e. The molecule has 0 radical (unpaired) electrons. The summed E-state index contributed by atoms with van der Waals surface area (Å²) in [5, 5.41) is 3.17. The molecule has 1 N–H and O–H groups in total. The average molecular weight is 97.2 g/mol. The Bertz CT molecular complexity index is 86.2. The van der Waals surface area contributed by atoms with Crippen molar-refractivity contribution in [2.24, 2.45) is 5.92 Å². The molecule has 40 valence electrons. The van der Waals surface area contributed by atoms with Gasteiger partial charge in [0.15, 0.2) is 0 Å². The highest BCUT2D eigenvalue weighted by Gasteiger charge is 2.10. The fourth-order valence-corrected chi connectivity index (χ4v) is 0.884. The molecule has 0 aromatic carbocycles. The third-order valence-electron chi connectivity index (χ3n) is 1.30. The van der Waals surface area contributed by atoms with Crippen LogP contribution in [-0.4, -0.2) is 6.54 Å². The maximum atomic E-state index is 3.79. The van der Waals surface area contributed by atoms with Gasteiger partial charge in [0.1, 0.15) is 0 Å². The Morgan fingerprint density at radius 2 is 2.57 bits per heavy atom. The minimum atomic E-state index is 0.812. The normalized spacial score (nSPS) is 30.4. The molecule has 0 aromatic heterocycles. The topological polar surface area (TPSA) is 12.0 Å². The van der Waals surface area contributed by atoms with Crippen molar-refractivity contribution in [3.63, 3.8) is 0 Å². The Kier molecular flexibility index (Phi) is 1.05. The van der Waals surface area contributed by atoms with Gasteiger partial charge in [-0.05, 0) is 12.3 Å². The molecule has 0 saturated carbocycles. The van der Waals surface area contributed by atoms with Gasteiger partial charge < -0.3 is 5.32 Å². The second kappa shape index (κ2) is 1.57. The van der Waals surface area contributed by atoms with Crippen LogP contribution in [0.2, 0.25) is 0 Å². The first-order chi connectivity index (χ1) is 3.29. The first-order valence-corrected chi connectivity index (χ1v) is 2.70. The Morgan fingerprint density at radius 3 is 2.71 bits per heavy atom. The highest BCUT2D eigenvalue weighted by atomic mass is 14.9. The smallest absolute Gasteiger partial charge is 0.0173 e. The lowest BCUT2D eigenvalue weighted by Crippen LogP contribution is -2.04. The van der Waals surface area contributed by atoms with E-state index in [-0.39, 0.29) is 0 Å². The van der Waals surface area contributed by atoms with Crippen molar-refractivity contribution in [2.75, 3.05) is 6.54 Å². The van der Waals surface area contributed by atoms with Gasteiger partial charge in [0, 0.05) is 12.2 Å².